The van der Waals surface area contributed by atoms with Crippen LogP contribution in [0.3, 0.4) is 0 Å². The molecule has 1 heterocycles. The molecule has 2 aromatic carbocycles. The van der Waals surface area contributed by atoms with Gasteiger partial charge in [-0.2, -0.15) is 0 Å². The summed E-state index contributed by atoms with van der Waals surface area (Å²) in [7, 11) is 0. The van der Waals surface area contributed by atoms with Crippen molar-refractivity contribution in [2.24, 2.45) is 0 Å². The summed E-state index contributed by atoms with van der Waals surface area (Å²) in [4.78, 5) is 13.7. The first-order valence-corrected chi connectivity index (χ1v) is 11.4. The van der Waals surface area contributed by atoms with Crippen LogP contribution < -0.4 is 10.2 Å². The number of benzene rings is 2. The van der Waals surface area contributed by atoms with Crippen molar-refractivity contribution in [1.82, 2.24) is 0 Å². The number of hydrogen-bond donors (Lipinski definition) is 3. The molecule has 2 aromatic rings. The van der Waals surface area contributed by atoms with E-state index in [-0.39, 0.29) is 18.4 Å². The number of carboxylic acids is 1. The SMILES string of the molecule is CCC[C@H](CC(=O)O)c1ccc(N2CCC[C@@H]2C(C)(C)O)c(Nc2ccc(Cl)cc2)c1. The van der Waals surface area contributed by atoms with Gasteiger partial charge in [-0.3, -0.25) is 4.79 Å². The number of halogens is 1. The van der Waals surface area contributed by atoms with Crippen molar-refractivity contribution in [3.8, 4) is 0 Å². The summed E-state index contributed by atoms with van der Waals surface area (Å²) in [5.41, 5.74) is 3.05. The van der Waals surface area contributed by atoms with Crippen LogP contribution in [0.5, 0.6) is 0 Å². The first-order valence-electron chi connectivity index (χ1n) is 11.1. The number of carboxylic acid groups (broad SMARTS) is 1. The number of rotatable bonds is 9. The highest BCUT2D eigenvalue weighted by Crippen LogP contribution is 2.40. The Hall–Kier alpha value is -2.24. The molecule has 3 N–H and O–H groups in total. The Bertz CT molecular complexity index is 893. The maximum absolute atomic E-state index is 11.4. The zero-order valence-corrected chi connectivity index (χ0v) is 19.3. The molecule has 1 fully saturated rings. The lowest BCUT2D eigenvalue weighted by Gasteiger charge is -2.36. The van der Waals surface area contributed by atoms with Crippen LogP contribution in [0.4, 0.5) is 17.1 Å². The monoisotopic (exact) mass is 444 g/mol. The maximum Gasteiger partial charge on any atom is 0.303 e. The molecular weight excluding hydrogens is 412 g/mol. The minimum absolute atomic E-state index is 0.0228. The van der Waals surface area contributed by atoms with E-state index in [0.717, 1.165) is 54.9 Å². The third-order valence-electron chi connectivity index (χ3n) is 6.05. The molecule has 0 saturated carbocycles. The Kier molecular flexibility index (Phi) is 7.50. The van der Waals surface area contributed by atoms with Crippen LogP contribution in [0.15, 0.2) is 42.5 Å². The number of nitrogens with zero attached hydrogens (tertiary/aromatic N) is 1. The molecule has 1 aliphatic rings. The van der Waals surface area contributed by atoms with Crippen LogP contribution in [0.25, 0.3) is 0 Å². The molecule has 31 heavy (non-hydrogen) atoms. The molecule has 0 amide bonds. The minimum atomic E-state index is -0.819. The average Bonchev–Trinajstić information content (AvgIpc) is 3.19. The van der Waals surface area contributed by atoms with E-state index >= 15 is 0 Å². The van der Waals surface area contributed by atoms with Gasteiger partial charge in [0.05, 0.1) is 29.4 Å². The molecule has 0 bridgehead atoms. The van der Waals surface area contributed by atoms with Crippen molar-refractivity contribution in [3.05, 3.63) is 53.1 Å². The van der Waals surface area contributed by atoms with E-state index in [9.17, 15) is 15.0 Å². The lowest BCUT2D eigenvalue weighted by atomic mass is 9.90. The van der Waals surface area contributed by atoms with Crippen molar-refractivity contribution in [1.29, 1.82) is 0 Å². The van der Waals surface area contributed by atoms with Crippen molar-refractivity contribution >= 4 is 34.6 Å². The van der Waals surface area contributed by atoms with Gasteiger partial charge in [-0.1, -0.05) is 31.0 Å². The van der Waals surface area contributed by atoms with Gasteiger partial charge in [0.2, 0.25) is 0 Å². The normalized spacial score (nSPS) is 17.6. The van der Waals surface area contributed by atoms with Crippen molar-refractivity contribution in [2.75, 3.05) is 16.8 Å². The predicted molar refractivity (Wildman–Crippen MR) is 128 cm³/mol. The standard InChI is InChI=1S/C25H33ClN2O3/c1-4-6-17(16-24(29)30)18-8-13-22(28-14-5-7-23(28)25(2,3)31)21(15-18)27-20-11-9-19(26)10-12-20/h8-13,15,17,23,27,31H,4-7,14,16H2,1-3H3,(H,29,30)/t17-,23-/m1/s1. The van der Waals surface area contributed by atoms with Crippen LogP contribution in [0.2, 0.25) is 5.02 Å². The fraction of sp³-hybridized carbons (Fsp3) is 0.480. The summed E-state index contributed by atoms with van der Waals surface area (Å²) in [6, 6.07) is 13.8. The van der Waals surface area contributed by atoms with Gasteiger partial charge in [0.15, 0.2) is 0 Å². The number of anilines is 3. The Balaban J connectivity index is 2.02. The van der Waals surface area contributed by atoms with Gasteiger partial charge in [0.1, 0.15) is 0 Å². The van der Waals surface area contributed by atoms with Gasteiger partial charge < -0.3 is 20.4 Å². The van der Waals surface area contributed by atoms with Crippen LogP contribution in [0, 0.1) is 0 Å². The third-order valence-corrected chi connectivity index (χ3v) is 6.30. The summed E-state index contributed by atoms with van der Waals surface area (Å²) in [6.07, 6.45) is 3.82. The van der Waals surface area contributed by atoms with E-state index in [1.165, 1.54) is 0 Å². The quantitative estimate of drug-likeness (QED) is 0.430. The van der Waals surface area contributed by atoms with E-state index < -0.39 is 11.6 Å². The largest absolute Gasteiger partial charge is 0.481 e. The highest BCUT2D eigenvalue weighted by atomic mass is 35.5. The number of aliphatic carboxylic acids is 1. The maximum atomic E-state index is 11.4. The van der Waals surface area contributed by atoms with Gasteiger partial charge in [-0.05, 0) is 81.0 Å². The van der Waals surface area contributed by atoms with Crippen molar-refractivity contribution in [2.45, 2.75) is 70.4 Å². The van der Waals surface area contributed by atoms with Crippen LogP contribution in [-0.2, 0) is 4.79 Å². The van der Waals surface area contributed by atoms with E-state index in [2.05, 4.69) is 29.3 Å². The fourth-order valence-electron chi connectivity index (χ4n) is 4.58. The summed E-state index contributed by atoms with van der Waals surface area (Å²) >= 11 is 6.05. The zero-order valence-electron chi connectivity index (χ0n) is 18.6. The topological polar surface area (TPSA) is 72.8 Å². The van der Waals surface area contributed by atoms with E-state index in [0.29, 0.717) is 5.02 Å². The van der Waals surface area contributed by atoms with Crippen LogP contribution in [-0.4, -0.2) is 34.4 Å². The smallest absolute Gasteiger partial charge is 0.303 e. The Morgan fingerprint density at radius 2 is 1.97 bits per heavy atom. The summed E-state index contributed by atoms with van der Waals surface area (Å²) in [5, 5.41) is 24.3. The molecule has 5 nitrogen and oxygen atoms in total. The molecule has 6 heteroatoms. The third kappa shape index (κ3) is 5.92. The molecule has 2 atom stereocenters. The van der Waals surface area contributed by atoms with Gasteiger partial charge in [-0.25, -0.2) is 0 Å². The number of nitrogens with one attached hydrogen (secondary N) is 1. The minimum Gasteiger partial charge on any atom is -0.481 e. The highest BCUT2D eigenvalue weighted by Gasteiger charge is 2.37. The Morgan fingerprint density at radius 3 is 2.58 bits per heavy atom. The second kappa shape index (κ2) is 9.92. The van der Waals surface area contributed by atoms with Crippen molar-refractivity contribution < 1.29 is 15.0 Å². The first kappa shape index (κ1) is 23.4. The van der Waals surface area contributed by atoms with E-state index in [4.69, 9.17) is 11.6 Å². The predicted octanol–water partition coefficient (Wildman–Crippen LogP) is 6.18. The van der Waals surface area contributed by atoms with Gasteiger partial charge >= 0.3 is 5.97 Å². The molecule has 0 radical (unpaired) electrons. The molecule has 0 aromatic heterocycles. The van der Waals surface area contributed by atoms with Crippen LogP contribution in [0.1, 0.15) is 64.4 Å². The number of aliphatic hydroxyl groups is 1. The zero-order chi connectivity index (χ0) is 22.6. The lowest BCUT2D eigenvalue weighted by molar-refractivity contribution is -0.137. The van der Waals surface area contributed by atoms with Gasteiger partial charge in [0.25, 0.3) is 0 Å². The summed E-state index contributed by atoms with van der Waals surface area (Å²) in [5.74, 6) is -0.817. The molecule has 3 rings (SSSR count). The molecule has 0 aliphatic carbocycles. The molecule has 1 saturated heterocycles. The molecule has 0 spiro atoms. The van der Waals surface area contributed by atoms with E-state index in [1.807, 2.05) is 44.2 Å². The Labute approximate surface area is 190 Å². The van der Waals surface area contributed by atoms with Gasteiger partial charge in [-0.15, -0.1) is 0 Å². The second-order valence-corrected chi connectivity index (χ2v) is 9.43. The van der Waals surface area contributed by atoms with Crippen LogP contribution >= 0.6 is 11.6 Å². The highest BCUT2D eigenvalue weighted by molar-refractivity contribution is 6.30. The number of hydrogen-bond acceptors (Lipinski definition) is 4. The average molecular weight is 445 g/mol. The molecule has 168 valence electrons. The fourth-order valence-corrected chi connectivity index (χ4v) is 4.71. The van der Waals surface area contributed by atoms with E-state index in [1.54, 1.807) is 0 Å². The molecular formula is C25H33ClN2O3. The molecule has 0 unspecified atom stereocenters. The Morgan fingerprint density at radius 1 is 1.26 bits per heavy atom. The summed E-state index contributed by atoms with van der Waals surface area (Å²) in [6.45, 7) is 6.67. The lowest BCUT2D eigenvalue weighted by Crippen LogP contribution is -2.46. The molecule has 1 aliphatic heterocycles. The first-order chi connectivity index (χ1) is 14.7. The number of carbonyl (C=O) groups is 1. The second-order valence-electron chi connectivity index (χ2n) is 9.00. The van der Waals surface area contributed by atoms with Gasteiger partial charge in [0, 0.05) is 17.3 Å². The van der Waals surface area contributed by atoms with Crippen molar-refractivity contribution in [3.63, 3.8) is 0 Å². The summed E-state index contributed by atoms with van der Waals surface area (Å²) < 4.78 is 0.